The van der Waals surface area contributed by atoms with Crippen LogP contribution in [-0.4, -0.2) is 30.6 Å². The molecule has 3 N–H and O–H groups in total. The van der Waals surface area contributed by atoms with Crippen molar-refractivity contribution in [2.45, 2.75) is 19.0 Å². The first kappa shape index (κ1) is 15.6. The first-order chi connectivity index (χ1) is 9.83. The van der Waals surface area contributed by atoms with Crippen LogP contribution in [0.15, 0.2) is 18.3 Å². The van der Waals surface area contributed by atoms with Crippen LogP contribution in [0, 0.1) is 5.41 Å². The highest BCUT2D eigenvalue weighted by atomic mass is 19.4. The molecule has 0 radical (unpaired) electrons. The molecule has 0 bridgehead atoms. The summed E-state index contributed by atoms with van der Waals surface area (Å²) in [5.41, 5.74) is 3.88. The number of halogens is 3. The monoisotopic (exact) mass is 303 g/mol. The molecule has 1 fully saturated rings. The zero-order chi connectivity index (χ0) is 15.5. The Hall–Kier alpha value is -1.83. The van der Waals surface area contributed by atoms with Gasteiger partial charge in [0.2, 0.25) is 5.91 Å². The third-order valence-corrected chi connectivity index (χ3v) is 3.67. The normalized spacial score (nSPS) is 18.2. The molecule has 5 nitrogen and oxygen atoms in total. The van der Waals surface area contributed by atoms with Gasteiger partial charge in [-0.15, -0.1) is 0 Å². The number of hydrogen-bond donors (Lipinski definition) is 2. The van der Waals surface area contributed by atoms with Crippen molar-refractivity contribution in [3.05, 3.63) is 23.9 Å². The van der Waals surface area contributed by atoms with Crippen molar-refractivity contribution in [2.24, 2.45) is 11.1 Å². The number of primary amides is 1. The Morgan fingerprint density at radius 1 is 1.38 bits per heavy atom. The van der Waals surface area contributed by atoms with Gasteiger partial charge in [0.05, 0.1) is 11.0 Å². The van der Waals surface area contributed by atoms with Gasteiger partial charge >= 0.3 is 6.18 Å². The summed E-state index contributed by atoms with van der Waals surface area (Å²) in [7, 11) is 0. The van der Waals surface area contributed by atoms with Crippen molar-refractivity contribution in [2.75, 3.05) is 25.1 Å². The highest BCUT2D eigenvalue weighted by molar-refractivity contribution is 5.81. The first-order valence-electron chi connectivity index (χ1n) is 6.48. The van der Waals surface area contributed by atoms with Crippen molar-refractivity contribution in [1.29, 1.82) is 0 Å². The molecule has 0 saturated carbocycles. The maximum absolute atomic E-state index is 12.4. The summed E-state index contributed by atoms with van der Waals surface area (Å²) in [5, 5.41) is 2.88. The standard InChI is InChI=1S/C13H16F3N3O2/c14-13(15,16)9-1-2-10(18-7-9)19-8-12(11(17)20)3-5-21-6-4-12/h1-2,7H,3-6,8H2,(H2,17,20)(H,18,19). The van der Waals surface area contributed by atoms with Gasteiger partial charge in [0.1, 0.15) is 5.82 Å². The summed E-state index contributed by atoms with van der Waals surface area (Å²) in [6, 6.07) is 2.17. The predicted molar refractivity (Wildman–Crippen MR) is 69.4 cm³/mol. The van der Waals surface area contributed by atoms with E-state index in [9.17, 15) is 18.0 Å². The zero-order valence-electron chi connectivity index (χ0n) is 11.2. The second-order valence-electron chi connectivity index (χ2n) is 5.04. The van der Waals surface area contributed by atoms with E-state index >= 15 is 0 Å². The molecule has 1 aromatic rings. The molecule has 8 heteroatoms. The van der Waals surface area contributed by atoms with Gasteiger partial charge in [-0.2, -0.15) is 13.2 Å². The molecule has 1 aliphatic rings. The van der Waals surface area contributed by atoms with Gasteiger partial charge < -0.3 is 15.8 Å². The lowest BCUT2D eigenvalue weighted by molar-refractivity contribution is -0.137. The van der Waals surface area contributed by atoms with Crippen LogP contribution in [0.4, 0.5) is 19.0 Å². The van der Waals surface area contributed by atoms with Crippen molar-refractivity contribution in [3.63, 3.8) is 0 Å². The van der Waals surface area contributed by atoms with E-state index in [4.69, 9.17) is 10.5 Å². The van der Waals surface area contributed by atoms with E-state index < -0.39 is 23.1 Å². The molecule has 0 aromatic carbocycles. The minimum absolute atomic E-state index is 0.226. The molecule has 0 spiro atoms. The minimum atomic E-state index is -4.42. The van der Waals surface area contributed by atoms with Crippen LogP contribution in [0.25, 0.3) is 0 Å². The largest absolute Gasteiger partial charge is 0.417 e. The van der Waals surface area contributed by atoms with E-state index in [0.717, 1.165) is 12.3 Å². The highest BCUT2D eigenvalue weighted by Gasteiger charge is 2.38. The van der Waals surface area contributed by atoms with Crippen LogP contribution in [0.5, 0.6) is 0 Å². The maximum atomic E-state index is 12.4. The fraction of sp³-hybridized carbons (Fsp3) is 0.538. The first-order valence-corrected chi connectivity index (χ1v) is 6.48. The number of pyridine rings is 1. The van der Waals surface area contributed by atoms with Crippen LogP contribution >= 0.6 is 0 Å². The fourth-order valence-corrected chi connectivity index (χ4v) is 2.20. The number of nitrogens with one attached hydrogen (secondary N) is 1. The van der Waals surface area contributed by atoms with Crippen molar-refractivity contribution < 1.29 is 22.7 Å². The van der Waals surface area contributed by atoms with Gasteiger partial charge in [0.25, 0.3) is 0 Å². The summed E-state index contributed by atoms with van der Waals surface area (Å²) < 4.78 is 42.5. The average Bonchev–Trinajstić information content (AvgIpc) is 2.45. The SMILES string of the molecule is NC(=O)C1(CNc2ccc(C(F)(F)F)cn2)CCOCC1. The molecule has 0 unspecified atom stereocenters. The van der Waals surface area contributed by atoms with Gasteiger partial charge in [-0.05, 0) is 25.0 Å². The number of hydrogen-bond acceptors (Lipinski definition) is 4. The molecule has 116 valence electrons. The van der Waals surface area contributed by atoms with Gasteiger partial charge in [-0.1, -0.05) is 0 Å². The summed E-state index contributed by atoms with van der Waals surface area (Å²) >= 11 is 0. The molecular weight excluding hydrogens is 287 g/mol. The third kappa shape index (κ3) is 3.63. The Morgan fingerprint density at radius 2 is 2.05 bits per heavy atom. The lowest BCUT2D eigenvalue weighted by atomic mass is 9.79. The molecule has 1 aliphatic heterocycles. The molecule has 0 aliphatic carbocycles. The average molecular weight is 303 g/mol. The van der Waals surface area contributed by atoms with E-state index in [0.29, 0.717) is 26.1 Å². The highest BCUT2D eigenvalue weighted by Crippen LogP contribution is 2.31. The lowest BCUT2D eigenvalue weighted by Gasteiger charge is -2.34. The van der Waals surface area contributed by atoms with E-state index in [1.807, 2.05) is 0 Å². The number of nitrogens with two attached hydrogens (primary N) is 1. The molecule has 1 amide bonds. The van der Waals surface area contributed by atoms with E-state index in [-0.39, 0.29) is 12.4 Å². The van der Waals surface area contributed by atoms with E-state index in [1.165, 1.54) is 6.07 Å². The molecule has 0 atom stereocenters. The predicted octanol–water partition coefficient (Wildman–Crippen LogP) is 1.79. The quantitative estimate of drug-likeness (QED) is 0.889. The number of nitrogens with zero attached hydrogens (tertiary/aromatic N) is 1. The molecule has 21 heavy (non-hydrogen) atoms. The number of carbonyl (C=O) groups excluding carboxylic acids is 1. The number of ether oxygens (including phenoxy) is 1. The van der Waals surface area contributed by atoms with Crippen molar-refractivity contribution in [3.8, 4) is 0 Å². The van der Waals surface area contributed by atoms with E-state index in [2.05, 4.69) is 10.3 Å². The molecular formula is C13H16F3N3O2. The summed E-state index contributed by atoms with van der Waals surface area (Å²) in [6.07, 6.45) is -2.70. The number of amides is 1. The second kappa shape index (κ2) is 5.88. The van der Waals surface area contributed by atoms with Crippen molar-refractivity contribution in [1.82, 2.24) is 4.98 Å². The van der Waals surface area contributed by atoms with Gasteiger partial charge in [-0.25, -0.2) is 4.98 Å². The van der Waals surface area contributed by atoms with Crippen LogP contribution in [-0.2, 0) is 15.7 Å². The summed E-state index contributed by atoms with van der Waals surface area (Å²) in [4.78, 5) is 15.3. The Morgan fingerprint density at radius 3 is 2.52 bits per heavy atom. The number of alkyl halides is 3. The number of aromatic nitrogens is 1. The third-order valence-electron chi connectivity index (χ3n) is 3.67. The molecule has 2 heterocycles. The fourth-order valence-electron chi connectivity index (χ4n) is 2.20. The van der Waals surface area contributed by atoms with Gasteiger partial charge in [0, 0.05) is 26.0 Å². The number of carbonyl (C=O) groups is 1. The summed E-state index contributed by atoms with van der Waals surface area (Å²) in [6.45, 7) is 1.10. The maximum Gasteiger partial charge on any atom is 0.417 e. The van der Waals surface area contributed by atoms with E-state index in [1.54, 1.807) is 0 Å². The topological polar surface area (TPSA) is 77.2 Å². The van der Waals surface area contributed by atoms with Gasteiger partial charge in [-0.3, -0.25) is 4.79 Å². The number of anilines is 1. The number of rotatable bonds is 4. The van der Waals surface area contributed by atoms with Crippen molar-refractivity contribution >= 4 is 11.7 Å². The Balaban J connectivity index is 2.03. The van der Waals surface area contributed by atoms with Crippen LogP contribution in [0.3, 0.4) is 0 Å². The second-order valence-corrected chi connectivity index (χ2v) is 5.04. The summed E-state index contributed by atoms with van der Waals surface area (Å²) in [5.74, 6) is -0.166. The van der Waals surface area contributed by atoms with Gasteiger partial charge in [0.15, 0.2) is 0 Å². The lowest BCUT2D eigenvalue weighted by Crippen LogP contribution is -2.46. The van der Waals surface area contributed by atoms with Crippen LogP contribution in [0.1, 0.15) is 18.4 Å². The van der Waals surface area contributed by atoms with Crippen LogP contribution < -0.4 is 11.1 Å². The molecule has 1 aromatic heterocycles. The van der Waals surface area contributed by atoms with Crippen LogP contribution in [0.2, 0.25) is 0 Å². The zero-order valence-corrected chi connectivity index (χ0v) is 11.2. The smallest absolute Gasteiger partial charge is 0.381 e. The Bertz CT molecular complexity index is 496. The Labute approximate surface area is 119 Å². The Kier molecular flexibility index (Phi) is 4.36. The molecule has 2 rings (SSSR count). The molecule has 1 saturated heterocycles. The minimum Gasteiger partial charge on any atom is -0.381 e.